The van der Waals surface area contributed by atoms with Crippen molar-refractivity contribution in [3.8, 4) is 5.75 Å². The van der Waals surface area contributed by atoms with Gasteiger partial charge < -0.3 is 9.64 Å². The zero-order valence-corrected chi connectivity index (χ0v) is 17.9. The number of ether oxygens (including phenoxy) is 1. The van der Waals surface area contributed by atoms with E-state index >= 15 is 0 Å². The Balaban J connectivity index is 1.46. The standard InChI is InChI=1S/C22H34N4OS/c1-18(20-6-4-3-5-7-20)24-22(28-23)26-16-14-25(15-17-26)13-12-19-8-10-21(27-2)11-9-19/h8-11,20H,1,3-7,12-17,23H2,2H3/b24-22-. The first-order chi connectivity index (χ1) is 13.7. The summed E-state index contributed by atoms with van der Waals surface area (Å²) in [5.74, 6) is 1.46. The molecule has 154 valence electrons. The van der Waals surface area contributed by atoms with Gasteiger partial charge >= 0.3 is 0 Å². The first kappa shape index (κ1) is 21.2. The molecule has 1 aromatic carbocycles. The number of amidine groups is 1. The third kappa shape index (κ3) is 6.00. The van der Waals surface area contributed by atoms with Crippen LogP contribution in [0.4, 0.5) is 0 Å². The van der Waals surface area contributed by atoms with Gasteiger partial charge in [0.2, 0.25) is 0 Å². The monoisotopic (exact) mass is 402 g/mol. The number of aliphatic imine (C=N–C) groups is 1. The van der Waals surface area contributed by atoms with Gasteiger partial charge in [-0.05, 0) is 48.9 Å². The first-order valence-corrected chi connectivity index (χ1v) is 11.3. The average Bonchev–Trinajstić information content (AvgIpc) is 2.77. The number of nitrogens with two attached hydrogens (primary N) is 1. The molecule has 0 amide bonds. The lowest BCUT2D eigenvalue weighted by Crippen LogP contribution is -2.48. The van der Waals surface area contributed by atoms with Crippen molar-refractivity contribution in [2.75, 3.05) is 39.8 Å². The lowest BCUT2D eigenvalue weighted by atomic mass is 9.87. The highest BCUT2D eigenvalue weighted by Gasteiger charge is 2.22. The molecule has 6 heteroatoms. The normalized spacial score (nSPS) is 19.6. The molecular formula is C22H34N4OS. The minimum absolute atomic E-state index is 0.543. The maximum atomic E-state index is 5.95. The molecule has 0 aromatic heterocycles. The van der Waals surface area contributed by atoms with Crippen molar-refractivity contribution in [2.45, 2.75) is 38.5 Å². The van der Waals surface area contributed by atoms with Gasteiger partial charge in [0, 0.05) is 44.3 Å². The van der Waals surface area contributed by atoms with Crippen LogP contribution in [0.15, 0.2) is 41.5 Å². The minimum atomic E-state index is 0.543. The van der Waals surface area contributed by atoms with Crippen LogP contribution < -0.4 is 9.88 Å². The maximum absolute atomic E-state index is 5.95. The predicted molar refractivity (Wildman–Crippen MR) is 120 cm³/mol. The molecule has 2 aliphatic rings. The fourth-order valence-corrected chi connectivity index (χ4v) is 4.57. The smallest absolute Gasteiger partial charge is 0.179 e. The molecule has 0 atom stereocenters. The molecule has 1 aromatic rings. The summed E-state index contributed by atoms with van der Waals surface area (Å²) in [6, 6.07) is 8.38. The van der Waals surface area contributed by atoms with E-state index in [0.29, 0.717) is 5.92 Å². The number of benzene rings is 1. The van der Waals surface area contributed by atoms with Gasteiger partial charge in [-0.15, -0.1) is 0 Å². The van der Waals surface area contributed by atoms with Gasteiger partial charge in [-0.25, -0.2) is 4.99 Å². The van der Waals surface area contributed by atoms with Gasteiger partial charge in [-0.2, -0.15) is 0 Å². The van der Waals surface area contributed by atoms with Crippen molar-refractivity contribution in [3.63, 3.8) is 0 Å². The summed E-state index contributed by atoms with van der Waals surface area (Å²) in [7, 11) is 1.70. The second kappa shape index (κ2) is 10.9. The molecule has 28 heavy (non-hydrogen) atoms. The van der Waals surface area contributed by atoms with Crippen molar-refractivity contribution in [1.82, 2.24) is 9.80 Å². The fraction of sp³-hybridized carbons (Fsp3) is 0.591. The van der Waals surface area contributed by atoms with Crippen LogP contribution >= 0.6 is 11.9 Å². The molecule has 3 rings (SSSR count). The zero-order valence-electron chi connectivity index (χ0n) is 17.1. The number of hydrogen-bond acceptors (Lipinski definition) is 5. The van der Waals surface area contributed by atoms with Crippen LogP contribution in [0.25, 0.3) is 0 Å². The van der Waals surface area contributed by atoms with Gasteiger partial charge in [-0.1, -0.05) is 38.0 Å². The van der Waals surface area contributed by atoms with Gasteiger partial charge in [0.25, 0.3) is 0 Å². The Kier molecular flexibility index (Phi) is 8.25. The molecule has 2 fully saturated rings. The number of allylic oxidation sites excluding steroid dienone is 1. The molecule has 1 heterocycles. The van der Waals surface area contributed by atoms with Crippen LogP contribution in [0, 0.1) is 5.92 Å². The molecule has 0 unspecified atom stereocenters. The number of rotatable bonds is 6. The van der Waals surface area contributed by atoms with E-state index in [1.54, 1.807) is 7.11 Å². The molecule has 1 saturated heterocycles. The van der Waals surface area contributed by atoms with Crippen molar-refractivity contribution in [2.24, 2.45) is 16.0 Å². The molecule has 0 bridgehead atoms. The van der Waals surface area contributed by atoms with Gasteiger partial charge in [-0.3, -0.25) is 10.0 Å². The molecule has 5 nitrogen and oxygen atoms in total. The minimum Gasteiger partial charge on any atom is -0.497 e. The third-order valence-corrected chi connectivity index (χ3v) is 6.50. The van der Waals surface area contributed by atoms with Crippen molar-refractivity contribution in [3.05, 3.63) is 42.1 Å². The Hall–Kier alpha value is -1.50. The van der Waals surface area contributed by atoms with Crippen LogP contribution in [-0.4, -0.2) is 54.8 Å². The Labute approximate surface area is 174 Å². The largest absolute Gasteiger partial charge is 0.497 e. The number of methoxy groups -OCH3 is 1. The summed E-state index contributed by atoms with van der Waals surface area (Å²) in [6.07, 6.45) is 7.47. The topological polar surface area (TPSA) is 54.1 Å². The molecule has 1 aliphatic carbocycles. The first-order valence-electron chi connectivity index (χ1n) is 10.4. The lowest BCUT2D eigenvalue weighted by molar-refractivity contribution is 0.186. The summed E-state index contributed by atoms with van der Waals surface area (Å²) in [6.45, 7) is 9.38. The molecule has 0 radical (unpaired) electrons. The number of piperazine rings is 1. The molecule has 1 saturated carbocycles. The summed E-state index contributed by atoms with van der Waals surface area (Å²) in [5.41, 5.74) is 2.38. The van der Waals surface area contributed by atoms with E-state index in [1.807, 2.05) is 12.1 Å². The van der Waals surface area contributed by atoms with Crippen LogP contribution in [0.2, 0.25) is 0 Å². The van der Waals surface area contributed by atoms with E-state index in [-0.39, 0.29) is 0 Å². The molecule has 2 N–H and O–H groups in total. The van der Waals surface area contributed by atoms with Crippen molar-refractivity contribution >= 4 is 17.1 Å². The van der Waals surface area contributed by atoms with Crippen molar-refractivity contribution < 1.29 is 4.74 Å². The summed E-state index contributed by atoms with van der Waals surface area (Å²) in [5, 5.41) is 6.89. The highest BCUT2D eigenvalue weighted by Crippen LogP contribution is 2.30. The second-order valence-electron chi connectivity index (χ2n) is 7.77. The van der Waals surface area contributed by atoms with Crippen LogP contribution in [0.1, 0.15) is 37.7 Å². The van der Waals surface area contributed by atoms with Crippen LogP contribution in [0.5, 0.6) is 5.75 Å². The van der Waals surface area contributed by atoms with Gasteiger partial charge in [0.1, 0.15) is 5.75 Å². The Morgan fingerprint density at radius 3 is 2.43 bits per heavy atom. The SMILES string of the molecule is C=C(/N=C(\SN)N1CCN(CCc2ccc(OC)cc2)CC1)C1CCCCC1. The quantitative estimate of drug-likeness (QED) is 0.444. The lowest BCUT2D eigenvalue weighted by Gasteiger charge is -2.36. The van der Waals surface area contributed by atoms with Crippen LogP contribution in [0.3, 0.4) is 0 Å². The van der Waals surface area contributed by atoms with Gasteiger partial charge in [0.15, 0.2) is 5.17 Å². The highest BCUT2D eigenvalue weighted by atomic mass is 32.2. The number of nitrogens with zero attached hydrogens (tertiary/aromatic N) is 3. The third-order valence-electron chi connectivity index (χ3n) is 5.94. The zero-order chi connectivity index (χ0) is 19.8. The molecule has 0 spiro atoms. The van der Waals surface area contributed by atoms with Crippen molar-refractivity contribution in [1.29, 1.82) is 0 Å². The van der Waals surface area contributed by atoms with Gasteiger partial charge in [0.05, 0.1) is 7.11 Å². The summed E-state index contributed by atoms with van der Waals surface area (Å²) in [4.78, 5) is 9.68. The van der Waals surface area contributed by atoms with E-state index in [2.05, 4.69) is 28.5 Å². The van der Waals surface area contributed by atoms with E-state index < -0.39 is 0 Å². The van der Waals surface area contributed by atoms with E-state index in [4.69, 9.17) is 14.9 Å². The summed E-state index contributed by atoms with van der Waals surface area (Å²) >= 11 is 1.27. The maximum Gasteiger partial charge on any atom is 0.179 e. The second-order valence-corrected chi connectivity index (χ2v) is 8.37. The highest BCUT2D eigenvalue weighted by molar-refractivity contribution is 8.11. The fourth-order valence-electron chi connectivity index (χ4n) is 4.06. The Bertz CT molecular complexity index is 647. The Morgan fingerprint density at radius 2 is 1.82 bits per heavy atom. The Morgan fingerprint density at radius 1 is 1.14 bits per heavy atom. The van der Waals surface area contributed by atoms with E-state index in [0.717, 1.165) is 55.8 Å². The molecule has 1 aliphatic heterocycles. The summed E-state index contributed by atoms with van der Waals surface area (Å²) < 4.78 is 5.23. The number of hydrogen-bond donors (Lipinski definition) is 1. The average molecular weight is 403 g/mol. The van der Waals surface area contributed by atoms with E-state index in [9.17, 15) is 0 Å². The predicted octanol–water partition coefficient (Wildman–Crippen LogP) is 3.91. The van der Waals surface area contributed by atoms with Crippen LogP contribution in [-0.2, 0) is 6.42 Å². The molecular weight excluding hydrogens is 368 g/mol. The van der Waals surface area contributed by atoms with E-state index in [1.165, 1.54) is 49.6 Å².